The molecule has 0 spiro atoms. The first kappa shape index (κ1) is 21.7. The highest BCUT2D eigenvalue weighted by molar-refractivity contribution is 6.30. The van der Waals surface area contributed by atoms with Crippen LogP contribution in [-0.4, -0.2) is 30.8 Å². The molecule has 33 heavy (non-hydrogen) atoms. The Labute approximate surface area is 196 Å². The van der Waals surface area contributed by atoms with Gasteiger partial charge in [0.2, 0.25) is 5.88 Å². The van der Waals surface area contributed by atoms with E-state index in [2.05, 4.69) is 11.1 Å². The number of amidine groups is 1. The number of hydrogen-bond donors (Lipinski definition) is 2. The minimum absolute atomic E-state index is 0.138. The van der Waals surface area contributed by atoms with Gasteiger partial charge in [0.25, 0.3) is 6.02 Å². The van der Waals surface area contributed by atoms with Crippen molar-refractivity contribution in [1.82, 2.24) is 4.98 Å². The van der Waals surface area contributed by atoms with Crippen molar-refractivity contribution in [2.24, 2.45) is 5.73 Å². The Bertz CT molecular complexity index is 1210. The van der Waals surface area contributed by atoms with E-state index in [1.54, 1.807) is 18.2 Å². The van der Waals surface area contributed by atoms with Crippen LogP contribution >= 0.6 is 11.6 Å². The largest absolute Gasteiger partial charge is 0.465 e. The van der Waals surface area contributed by atoms with Crippen molar-refractivity contribution in [2.75, 3.05) is 19.8 Å². The maximum absolute atomic E-state index is 14.6. The van der Waals surface area contributed by atoms with Crippen LogP contribution in [0.1, 0.15) is 41.4 Å². The van der Waals surface area contributed by atoms with Gasteiger partial charge >= 0.3 is 0 Å². The van der Waals surface area contributed by atoms with Crippen LogP contribution in [0, 0.1) is 11.2 Å². The van der Waals surface area contributed by atoms with E-state index in [4.69, 9.17) is 37.0 Å². The molecule has 3 heterocycles. The van der Waals surface area contributed by atoms with Gasteiger partial charge in [0.1, 0.15) is 18.2 Å². The van der Waals surface area contributed by atoms with E-state index in [0.717, 1.165) is 42.7 Å². The molecule has 1 atom stereocenters. The average Bonchev–Trinajstić information content (AvgIpc) is 2.83. The topological polar surface area (TPSA) is 90.5 Å². The van der Waals surface area contributed by atoms with Crippen molar-refractivity contribution in [3.05, 3.63) is 76.2 Å². The lowest BCUT2D eigenvalue weighted by atomic mass is 9.85. The fourth-order valence-corrected chi connectivity index (χ4v) is 4.67. The molecule has 0 bridgehead atoms. The highest BCUT2D eigenvalue weighted by Crippen LogP contribution is 2.46. The van der Waals surface area contributed by atoms with Gasteiger partial charge in [0, 0.05) is 41.1 Å². The Morgan fingerprint density at radius 2 is 1.97 bits per heavy atom. The second-order valence-electron chi connectivity index (χ2n) is 8.26. The molecule has 3 N–H and O–H groups in total. The minimum Gasteiger partial charge on any atom is -0.465 e. The van der Waals surface area contributed by atoms with Crippen LogP contribution in [0.2, 0.25) is 5.02 Å². The maximum Gasteiger partial charge on any atom is 0.279 e. The van der Waals surface area contributed by atoms with Crippen molar-refractivity contribution < 1.29 is 18.6 Å². The van der Waals surface area contributed by atoms with Crippen LogP contribution in [0.3, 0.4) is 0 Å². The lowest BCUT2D eigenvalue weighted by molar-refractivity contribution is 0.0852. The van der Waals surface area contributed by atoms with Crippen LogP contribution in [0.25, 0.3) is 11.1 Å². The molecule has 6 nitrogen and oxygen atoms in total. The Hall–Kier alpha value is -3.16. The summed E-state index contributed by atoms with van der Waals surface area (Å²) in [6.45, 7) is 1.60. The summed E-state index contributed by atoms with van der Waals surface area (Å²) in [4.78, 5) is 4.60. The molecule has 0 aliphatic carbocycles. The van der Waals surface area contributed by atoms with Gasteiger partial charge in [-0.3, -0.25) is 5.41 Å². The van der Waals surface area contributed by atoms with Gasteiger partial charge in [-0.05, 0) is 66.3 Å². The van der Waals surface area contributed by atoms with Crippen LogP contribution in [-0.2, 0) is 9.47 Å². The number of hydrogen-bond acceptors (Lipinski definition) is 5. The van der Waals surface area contributed by atoms with Crippen molar-refractivity contribution in [3.63, 3.8) is 0 Å². The van der Waals surface area contributed by atoms with E-state index in [1.165, 1.54) is 12.1 Å². The van der Waals surface area contributed by atoms with E-state index < -0.39 is 0 Å². The average molecular weight is 468 g/mol. The number of pyridine rings is 1. The number of fused-ring (bicyclic) bond motifs is 2. The smallest absolute Gasteiger partial charge is 0.279 e. The molecule has 0 saturated carbocycles. The summed E-state index contributed by atoms with van der Waals surface area (Å²) in [5.74, 6) is 0.812. The van der Waals surface area contributed by atoms with Crippen LogP contribution in [0.15, 0.2) is 48.7 Å². The number of ether oxygens (including phenoxy) is 3. The number of rotatable bonds is 4. The van der Waals surface area contributed by atoms with E-state index in [1.807, 2.05) is 12.3 Å². The van der Waals surface area contributed by atoms with Crippen molar-refractivity contribution in [2.45, 2.75) is 24.7 Å². The molecule has 0 radical (unpaired) electrons. The number of halogens is 2. The summed E-state index contributed by atoms with van der Waals surface area (Å²) in [5, 5.41) is 7.99. The third-order valence-corrected chi connectivity index (χ3v) is 6.44. The lowest BCUT2D eigenvalue weighted by Crippen LogP contribution is -2.22. The summed E-state index contributed by atoms with van der Waals surface area (Å²) in [7, 11) is 0. The molecule has 2 aliphatic heterocycles. The second kappa shape index (κ2) is 9.00. The quantitative estimate of drug-likeness (QED) is 0.386. The lowest BCUT2D eigenvalue weighted by Gasteiger charge is -2.29. The summed E-state index contributed by atoms with van der Waals surface area (Å²) in [5.41, 5.74) is 9.35. The molecule has 0 amide bonds. The second-order valence-corrected chi connectivity index (χ2v) is 8.69. The number of benzene rings is 2. The van der Waals surface area contributed by atoms with E-state index in [-0.39, 0.29) is 24.4 Å². The Morgan fingerprint density at radius 3 is 2.76 bits per heavy atom. The predicted octanol–water partition coefficient (Wildman–Crippen LogP) is 5.58. The third kappa shape index (κ3) is 4.38. The first-order chi connectivity index (χ1) is 16.0. The fraction of sp³-hybridized carbons (Fsp3) is 0.280. The molecule has 2 aromatic carbocycles. The monoisotopic (exact) mass is 467 g/mol. The summed E-state index contributed by atoms with van der Waals surface area (Å²) in [6.07, 6.45) is 3.73. The van der Waals surface area contributed by atoms with Crippen LogP contribution in [0.5, 0.6) is 11.6 Å². The number of nitrogens with one attached hydrogen (secondary N) is 1. The van der Waals surface area contributed by atoms with Gasteiger partial charge in [-0.1, -0.05) is 17.7 Å². The first-order valence-corrected chi connectivity index (χ1v) is 11.2. The van der Waals surface area contributed by atoms with Crippen molar-refractivity contribution in [1.29, 1.82) is 5.41 Å². The Balaban J connectivity index is 1.58. The summed E-state index contributed by atoms with van der Waals surface area (Å²) >= 11 is 6.12. The number of aromatic nitrogens is 1. The van der Waals surface area contributed by atoms with Crippen molar-refractivity contribution >= 4 is 17.6 Å². The highest BCUT2D eigenvalue weighted by Gasteiger charge is 2.31. The molecule has 170 valence electrons. The normalized spacial score (nSPS) is 17.6. The van der Waals surface area contributed by atoms with E-state index in [9.17, 15) is 4.39 Å². The minimum atomic E-state index is -0.366. The molecule has 1 fully saturated rings. The molecule has 1 saturated heterocycles. The summed E-state index contributed by atoms with van der Waals surface area (Å²) < 4.78 is 31.6. The molecular weight excluding hydrogens is 445 g/mol. The van der Waals surface area contributed by atoms with Gasteiger partial charge in [0.15, 0.2) is 0 Å². The van der Waals surface area contributed by atoms with Gasteiger partial charge in [-0.15, -0.1) is 0 Å². The molecule has 5 rings (SSSR count). The van der Waals surface area contributed by atoms with Crippen LogP contribution in [0.4, 0.5) is 4.39 Å². The maximum atomic E-state index is 14.6. The first-order valence-electron chi connectivity index (χ1n) is 10.8. The highest BCUT2D eigenvalue weighted by atomic mass is 35.5. The van der Waals surface area contributed by atoms with Gasteiger partial charge < -0.3 is 19.9 Å². The molecule has 3 aromatic rings. The standard InChI is InChI=1S/C25H23ClFN3O3/c26-17-2-3-22(27)18(11-17)15-1-4-23-19(9-15)21(13-32-25(28)29)20-10-16(12-30-24(20)33-23)14-5-7-31-8-6-14/h1-4,9-12,14,21H,5-8,13H2,(H3,28,29)/t21-/m1/s1. The van der Waals surface area contributed by atoms with E-state index >= 15 is 0 Å². The number of nitrogens with zero attached hydrogens (tertiary/aromatic N) is 1. The van der Waals surface area contributed by atoms with Crippen LogP contribution < -0.4 is 10.5 Å². The van der Waals surface area contributed by atoms with Gasteiger partial charge in [0.05, 0.1) is 5.92 Å². The zero-order valence-electron chi connectivity index (χ0n) is 17.8. The van der Waals surface area contributed by atoms with Gasteiger partial charge in [-0.2, -0.15) is 0 Å². The fourth-order valence-electron chi connectivity index (χ4n) is 4.50. The Kier molecular flexibility index (Phi) is 5.91. The van der Waals surface area contributed by atoms with Crippen molar-refractivity contribution in [3.8, 4) is 22.8 Å². The third-order valence-electron chi connectivity index (χ3n) is 6.20. The predicted molar refractivity (Wildman–Crippen MR) is 124 cm³/mol. The molecule has 0 unspecified atom stereocenters. The van der Waals surface area contributed by atoms with Gasteiger partial charge in [-0.25, -0.2) is 9.37 Å². The molecule has 1 aromatic heterocycles. The summed E-state index contributed by atoms with van der Waals surface area (Å²) in [6, 6.07) is 11.7. The molecular formula is C25H23ClFN3O3. The molecule has 2 aliphatic rings. The Morgan fingerprint density at radius 1 is 1.15 bits per heavy atom. The molecule has 8 heteroatoms. The zero-order valence-corrected chi connectivity index (χ0v) is 18.6. The number of nitrogens with two attached hydrogens (primary N) is 1. The SMILES string of the molecule is N=C(N)OC[C@@H]1c2cc(-c3cc(Cl)ccc3F)ccc2Oc2ncc(C3CCOCC3)cc21. The zero-order chi connectivity index (χ0) is 22.9. The van der Waals surface area contributed by atoms with E-state index in [0.29, 0.717) is 33.7 Å².